The van der Waals surface area contributed by atoms with E-state index in [1.165, 1.54) is 44.8 Å². The number of allylic oxidation sites excluding steroid dienone is 4. The highest BCUT2D eigenvalue weighted by molar-refractivity contribution is 5.88. The molecule has 2 heteroatoms. The predicted molar refractivity (Wildman–Crippen MR) is 146 cm³/mol. The first kappa shape index (κ1) is 23.9. The summed E-state index contributed by atoms with van der Waals surface area (Å²) in [7, 11) is 0. The summed E-state index contributed by atoms with van der Waals surface area (Å²) < 4.78 is 6.48. The molecule has 0 N–H and O–H groups in total. The van der Waals surface area contributed by atoms with Crippen molar-refractivity contribution < 1.29 is 4.74 Å². The third-order valence-corrected chi connectivity index (χ3v) is 7.38. The Morgan fingerprint density at radius 2 is 1.71 bits per heavy atom. The lowest BCUT2D eigenvalue weighted by molar-refractivity contribution is 0.424. The first-order chi connectivity index (χ1) is 16.2. The summed E-state index contributed by atoms with van der Waals surface area (Å²) >= 11 is 0. The minimum absolute atomic E-state index is 0.0746. The van der Waals surface area contributed by atoms with Crippen LogP contribution in [0.5, 0.6) is 5.75 Å². The van der Waals surface area contributed by atoms with E-state index in [1.807, 2.05) is 13.8 Å². The molecule has 0 amide bonds. The van der Waals surface area contributed by atoms with Crippen molar-refractivity contribution in [3.05, 3.63) is 100 Å². The van der Waals surface area contributed by atoms with Crippen LogP contribution in [0.15, 0.2) is 78.1 Å². The maximum atomic E-state index is 6.48. The molecule has 3 aromatic rings. The molecule has 0 saturated heterocycles. The van der Waals surface area contributed by atoms with Crippen molar-refractivity contribution in [3.63, 3.8) is 0 Å². The molecule has 0 aromatic heterocycles. The predicted octanol–water partition coefficient (Wildman–Crippen LogP) is 9.02. The number of rotatable bonds is 6. The van der Waals surface area contributed by atoms with Gasteiger partial charge in [-0.3, -0.25) is 0 Å². The van der Waals surface area contributed by atoms with Crippen LogP contribution in [0.3, 0.4) is 0 Å². The molecule has 3 aromatic carbocycles. The van der Waals surface area contributed by atoms with Crippen molar-refractivity contribution >= 4 is 11.4 Å². The minimum Gasteiger partial charge on any atom is -0.461 e. The number of fused-ring (bicyclic) bond motifs is 3. The van der Waals surface area contributed by atoms with Crippen molar-refractivity contribution in [2.45, 2.75) is 60.8 Å². The Balaban J connectivity index is 1.88. The Labute approximate surface area is 205 Å². The SMILES string of the molecule is C/C=C\C(C)=C(/C)Oc1cccc2c1-c1cc(N(CC)c3cccc(C)c3C)ccc1C2(C)C. The molecule has 2 nitrogen and oxygen atoms in total. The highest BCUT2D eigenvalue weighted by Crippen LogP contribution is 2.53. The van der Waals surface area contributed by atoms with Crippen LogP contribution >= 0.6 is 0 Å². The number of benzene rings is 3. The first-order valence-electron chi connectivity index (χ1n) is 12.3. The Bertz CT molecular complexity index is 1290. The molecular weight excluding hydrogens is 414 g/mol. The Morgan fingerprint density at radius 1 is 0.971 bits per heavy atom. The van der Waals surface area contributed by atoms with Crippen molar-refractivity contribution in [2.24, 2.45) is 0 Å². The molecule has 0 saturated carbocycles. The zero-order valence-corrected chi connectivity index (χ0v) is 21.9. The molecule has 0 radical (unpaired) electrons. The number of aryl methyl sites for hydroxylation is 1. The lowest BCUT2D eigenvalue weighted by Gasteiger charge is -2.27. The monoisotopic (exact) mass is 451 g/mol. The van der Waals surface area contributed by atoms with Gasteiger partial charge in [0.25, 0.3) is 0 Å². The zero-order chi connectivity index (χ0) is 24.6. The molecule has 1 aliphatic carbocycles. The van der Waals surface area contributed by atoms with E-state index in [-0.39, 0.29) is 5.41 Å². The van der Waals surface area contributed by atoms with E-state index in [2.05, 4.69) is 113 Å². The summed E-state index contributed by atoms with van der Waals surface area (Å²) in [5.41, 5.74) is 11.4. The molecule has 4 rings (SSSR count). The van der Waals surface area contributed by atoms with Gasteiger partial charge in [0.1, 0.15) is 11.5 Å². The van der Waals surface area contributed by atoms with Gasteiger partial charge in [0.15, 0.2) is 0 Å². The van der Waals surface area contributed by atoms with Gasteiger partial charge in [-0.2, -0.15) is 0 Å². The number of hydrogen-bond donors (Lipinski definition) is 0. The van der Waals surface area contributed by atoms with Crippen LogP contribution < -0.4 is 9.64 Å². The molecule has 34 heavy (non-hydrogen) atoms. The second-order valence-electron chi connectivity index (χ2n) is 9.84. The van der Waals surface area contributed by atoms with Gasteiger partial charge in [0.05, 0.1) is 0 Å². The summed E-state index contributed by atoms with van der Waals surface area (Å²) in [6.07, 6.45) is 4.15. The highest BCUT2D eigenvalue weighted by atomic mass is 16.5. The maximum Gasteiger partial charge on any atom is 0.135 e. The van der Waals surface area contributed by atoms with Gasteiger partial charge in [-0.1, -0.05) is 56.3 Å². The van der Waals surface area contributed by atoms with Gasteiger partial charge in [-0.25, -0.2) is 0 Å². The van der Waals surface area contributed by atoms with Crippen molar-refractivity contribution in [1.82, 2.24) is 0 Å². The third kappa shape index (κ3) is 3.96. The summed E-state index contributed by atoms with van der Waals surface area (Å²) in [5.74, 6) is 1.86. The van der Waals surface area contributed by atoms with Gasteiger partial charge in [-0.05, 0) is 99.2 Å². The fourth-order valence-electron chi connectivity index (χ4n) is 5.14. The fraction of sp³-hybridized carbons (Fsp3) is 0.312. The number of nitrogens with zero attached hydrogens (tertiary/aromatic N) is 1. The van der Waals surface area contributed by atoms with E-state index in [0.717, 1.165) is 23.6 Å². The van der Waals surface area contributed by atoms with Crippen LogP contribution in [-0.2, 0) is 5.41 Å². The smallest absolute Gasteiger partial charge is 0.135 e. The molecule has 1 aliphatic rings. The first-order valence-corrected chi connectivity index (χ1v) is 12.3. The lowest BCUT2D eigenvalue weighted by Crippen LogP contribution is -2.18. The molecule has 0 bridgehead atoms. The molecule has 0 aliphatic heterocycles. The van der Waals surface area contributed by atoms with E-state index >= 15 is 0 Å². The lowest BCUT2D eigenvalue weighted by atomic mass is 9.82. The van der Waals surface area contributed by atoms with Crippen LogP contribution in [0, 0.1) is 13.8 Å². The Hall–Kier alpha value is -3.26. The number of hydrogen-bond acceptors (Lipinski definition) is 2. The summed E-state index contributed by atoms with van der Waals surface area (Å²) in [5, 5.41) is 0. The molecule has 0 fully saturated rings. The third-order valence-electron chi connectivity index (χ3n) is 7.38. The summed E-state index contributed by atoms with van der Waals surface area (Å²) in [4.78, 5) is 2.42. The van der Waals surface area contributed by atoms with E-state index < -0.39 is 0 Å². The number of anilines is 2. The summed E-state index contributed by atoms with van der Waals surface area (Å²) in [6, 6.07) is 20.0. The minimum atomic E-state index is -0.0746. The topological polar surface area (TPSA) is 12.5 Å². The van der Waals surface area contributed by atoms with Crippen LogP contribution in [0.2, 0.25) is 0 Å². The highest BCUT2D eigenvalue weighted by Gasteiger charge is 2.37. The Morgan fingerprint density at radius 3 is 2.41 bits per heavy atom. The van der Waals surface area contributed by atoms with Crippen molar-refractivity contribution in [1.29, 1.82) is 0 Å². The van der Waals surface area contributed by atoms with E-state index in [1.54, 1.807) is 0 Å². The summed E-state index contributed by atoms with van der Waals surface area (Å²) in [6.45, 7) is 18.3. The zero-order valence-electron chi connectivity index (χ0n) is 21.9. The van der Waals surface area contributed by atoms with Crippen LogP contribution in [0.25, 0.3) is 11.1 Å². The molecule has 0 heterocycles. The van der Waals surface area contributed by atoms with Gasteiger partial charge in [0.2, 0.25) is 0 Å². The molecular formula is C32H37NO. The van der Waals surface area contributed by atoms with E-state index in [9.17, 15) is 0 Å². The van der Waals surface area contributed by atoms with Crippen molar-refractivity contribution in [3.8, 4) is 16.9 Å². The largest absolute Gasteiger partial charge is 0.461 e. The molecule has 176 valence electrons. The van der Waals surface area contributed by atoms with E-state index in [0.29, 0.717) is 0 Å². The van der Waals surface area contributed by atoms with Gasteiger partial charge >= 0.3 is 0 Å². The van der Waals surface area contributed by atoms with Gasteiger partial charge in [-0.15, -0.1) is 0 Å². The Kier molecular flexibility index (Phi) is 6.45. The van der Waals surface area contributed by atoms with Gasteiger partial charge < -0.3 is 9.64 Å². The number of ether oxygens (including phenoxy) is 1. The normalized spacial score (nSPS) is 14.6. The van der Waals surface area contributed by atoms with Crippen LogP contribution in [0.1, 0.15) is 63.8 Å². The quantitative estimate of drug-likeness (QED) is 0.274. The average molecular weight is 452 g/mol. The van der Waals surface area contributed by atoms with Crippen molar-refractivity contribution in [2.75, 3.05) is 11.4 Å². The molecule has 0 atom stereocenters. The molecule has 0 unspecified atom stereocenters. The molecule has 0 spiro atoms. The van der Waals surface area contributed by atoms with Gasteiger partial charge in [0, 0.05) is 28.9 Å². The average Bonchev–Trinajstić information content (AvgIpc) is 3.04. The van der Waals surface area contributed by atoms with Crippen LogP contribution in [0.4, 0.5) is 11.4 Å². The van der Waals surface area contributed by atoms with Crippen LogP contribution in [-0.4, -0.2) is 6.54 Å². The second-order valence-corrected chi connectivity index (χ2v) is 9.84. The second kappa shape index (κ2) is 9.18. The fourth-order valence-corrected chi connectivity index (χ4v) is 5.14. The standard InChI is InChI=1S/C32H37NO/c1-9-13-22(4)24(6)34-30-17-12-15-28-31(30)26-20-25(18-19-27(26)32(28,7)8)33(10-2)29-16-11-14-21(3)23(29)5/h9,11-20H,10H2,1-8H3/b13-9-,24-22+. The van der Waals surface area contributed by atoms with E-state index in [4.69, 9.17) is 4.74 Å². The maximum absolute atomic E-state index is 6.48.